The molecule has 0 saturated carbocycles. The molecule has 0 aliphatic rings. The third kappa shape index (κ3) is 12.7. The van der Waals surface area contributed by atoms with E-state index in [1.165, 1.54) is 31.2 Å². The van der Waals surface area contributed by atoms with Crippen LogP contribution < -0.4 is 16.4 Å². The molecule has 0 fully saturated rings. The molecule has 3 amide bonds. The molecule has 0 radical (unpaired) electrons. The number of Topliss-reactive ketones (excluding diaryl/α,β-unsaturated/α-hetero) is 3. The second-order valence-electron chi connectivity index (χ2n) is 14.3. The monoisotopic (exact) mass is 767 g/mol. The van der Waals surface area contributed by atoms with Crippen LogP contribution in [-0.4, -0.2) is 47.2 Å². The number of halogens is 1. The molecule has 4 N–H and O–H groups in total. The van der Waals surface area contributed by atoms with E-state index in [0.717, 1.165) is 27.8 Å². The van der Waals surface area contributed by atoms with Crippen molar-refractivity contribution in [3.05, 3.63) is 168 Å². The van der Waals surface area contributed by atoms with Gasteiger partial charge in [0.15, 0.2) is 5.78 Å². The summed E-state index contributed by atoms with van der Waals surface area (Å²) in [6.45, 7) is 1.36. The molecule has 9 nitrogen and oxygen atoms in total. The minimum absolute atomic E-state index is 0.0881. The first-order valence-electron chi connectivity index (χ1n) is 18.9. The number of nitrogens with two attached hydrogens (primary N) is 1. The molecule has 0 saturated heterocycles. The van der Waals surface area contributed by atoms with E-state index in [1.807, 2.05) is 115 Å². The van der Waals surface area contributed by atoms with E-state index in [0.29, 0.717) is 5.56 Å². The number of hydrogen-bond acceptors (Lipinski definition) is 6. The predicted octanol–water partition coefficient (Wildman–Crippen LogP) is 5.96. The van der Waals surface area contributed by atoms with Crippen molar-refractivity contribution in [2.24, 2.45) is 17.6 Å². The minimum Gasteiger partial charge on any atom is -0.369 e. The van der Waals surface area contributed by atoms with E-state index in [4.69, 9.17) is 5.73 Å². The Morgan fingerprint density at radius 3 is 1.65 bits per heavy atom. The maximum atomic E-state index is 13.9. The molecule has 0 bridgehead atoms. The van der Waals surface area contributed by atoms with Crippen molar-refractivity contribution in [3.8, 4) is 11.1 Å². The van der Waals surface area contributed by atoms with E-state index in [9.17, 15) is 33.2 Å². The summed E-state index contributed by atoms with van der Waals surface area (Å²) in [6, 6.07) is 38.4. The van der Waals surface area contributed by atoms with Crippen LogP contribution in [0.4, 0.5) is 4.39 Å². The van der Waals surface area contributed by atoms with Crippen LogP contribution in [0.5, 0.6) is 0 Å². The van der Waals surface area contributed by atoms with Crippen LogP contribution in [0.15, 0.2) is 140 Å². The lowest BCUT2D eigenvalue weighted by Crippen LogP contribution is -2.52. The summed E-state index contributed by atoms with van der Waals surface area (Å²) in [5, 5.41) is 5.11. The van der Waals surface area contributed by atoms with Crippen LogP contribution in [-0.2, 0) is 54.5 Å². The Balaban J connectivity index is 1.26. The first-order chi connectivity index (χ1) is 27.4. The normalized spacial score (nSPS) is 13.0. The van der Waals surface area contributed by atoms with Gasteiger partial charge in [0.1, 0.15) is 11.6 Å². The van der Waals surface area contributed by atoms with Crippen molar-refractivity contribution >= 4 is 35.1 Å². The summed E-state index contributed by atoms with van der Waals surface area (Å²) in [5.41, 5.74) is 10.7. The van der Waals surface area contributed by atoms with Crippen molar-refractivity contribution in [1.29, 1.82) is 0 Å². The van der Waals surface area contributed by atoms with Crippen molar-refractivity contribution in [2.45, 2.75) is 57.5 Å². The Kier molecular flexibility index (Phi) is 14.9. The van der Waals surface area contributed by atoms with Crippen LogP contribution in [0, 0.1) is 17.7 Å². The molecule has 4 atom stereocenters. The highest BCUT2D eigenvalue weighted by Gasteiger charge is 2.32. The standard InChI is InChI=1S/C47H46FN3O6/c1-31(50-46(56)39(26-32-11-5-2-6-12-32)29-41(52)27-33-13-7-3-8-14-33)44(54)47(57)51-42(28-35-19-23-40(48)24-20-35)43(53)30-38(45(49)55)25-34-17-21-37(22-18-34)36-15-9-4-10-16-36/h2-24,31,38-39,42H,25-30H2,1H3,(H2,49,55)(H,50,56)(H,51,57). The number of carbonyl (C=O) groups excluding carboxylic acids is 6. The fourth-order valence-corrected chi connectivity index (χ4v) is 6.66. The van der Waals surface area contributed by atoms with Crippen molar-refractivity contribution in [2.75, 3.05) is 0 Å². The summed E-state index contributed by atoms with van der Waals surface area (Å²) in [4.78, 5) is 80.1. The number of ketones is 3. The van der Waals surface area contributed by atoms with Gasteiger partial charge in [0.2, 0.25) is 17.6 Å². The molecule has 10 heteroatoms. The van der Waals surface area contributed by atoms with Gasteiger partial charge in [-0.15, -0.1) is 0 Å². The molecule has 0 aliphatic carbocycles. The Morgan fingerprint density at radius 2 is 1.05 bits per heavy atom. The third-order valence-electron chi connectivity index (χ3n) is 9.83. The van der Waals surface area contributed by atoms with E-state index in [-0.39, 0.29) is 44.3 Å². The molecule has 0 aromatic heterocycles. The largest absolute Gasteiger partial charge is 0.369 e. The quantitative estimate of drug-likeness (QED) is 0.0832. The van der Waals surface area contributed by atoms with Crippen LogP contribution in [0.25, 0.3) is 11.1 Å². The van der Waals surface area contributed by atoms with Gasteiger partial charge < -0.3 is 16.4 Å². The zero-order valence-corrected chi connectivity index (χ0v) is 31.7. The number of amides is 3. The lowest BCUT2D eigenvalue weighted by Gasteiger charge is -2.22. The predicted molar refractivity (Wildman–Crippen MR) is 216 cm³/mol. The van der Waals surface area contributed by atoms with E-state index in [1.54, 1.807) is 0 Å². The Morgan fingerprint density at radius 1 is 0.561 bits per heavy atom. The average Bonchev–Trinajstić information content (AvgIpc) is 3.21. The number of rotatable bonds is 20. The van der Waals surface area contributed by atoms with Gasteiger partial charge in [0, 0.05) is 31.1 Å². The summed E-state index contributed by atoms with van der Waals surface area (Å²) < 4.78 is 13.7. The number of benzene rings is 5. The van der Waals surface area contributed by atoms with Gasteiger partial charge in [-0.1, -0.05) is 127 Å². The molecule has 0 spiro atoms. The zero-order valence-electron chi connectivity index (χ0n) is 31.7. The maximum absolute atomic E-state index is 13.9. The molecular weight excluding hydrogens is 722 g/mol. The molecule has 5 aromatic rings. The van der Waals surface area contributed by atoms with Gasteiger partial charge in [0.25, 0.3) is 5.91 Å². The molecule has 4 unspecified atom stereocenters. The van der Waals surface area contributed by atoms with Gasteiger partial charge >= 0.3 is 0 Å². The SMILES string of the molecule is CC(NC(=O)C(CC(=O)Cc1ccccc1)Cc1ccccc1)C(=O)C(=O)NC(Cc1ccc(F)cc1)C(=O)CC(Cc1ccc(-c2ccccc2)cc1)C(N)=O. The fourth-order valence-electron chi connectivity index (χ4n) is 6.66. The fraction of sp³-hybridized carbons (Fsp3) is 0.234. The topological polar surface area (TPSA) is 152 Å². The summed E-state index contributed by atoms with van der Waals surface area (Å²) in [5.74, 6) is -6.38. The van der Waals surface area contributed by atoms with E-state index in [2.05, 4.69) is 10.6 Å². The third-order valence-corrected chi connectivity index (χ3v) is 9.83. The highest BCUT2D eigenvalue weighted by atomic mass is 19.1. The van der Waals surface area contributed by atoms with Crippen molar-refractivity contribution < 1.29 is 33.2 Å². The molecule has 5 aromatic carbocycles. The molecular formula is C47H46FN3O6. The Labute approximate surface area is 331 Å². The van der Waals surface area contributed by atoms with Crippen LogP contribution in [0.1, 0.15) is 42.0 Å². The first-order valence-corrected chi connectivity index (χ1v) is 18.9. The Hall–Kier alpha value is -6.55. The van der Waals surface area contributed by atoms with Gasteiger partial charge in [-0.3, -0.25) is 28.8 Å². The van der Waals surface area contributed by atoms with Gasteiger partial charge in [0.05, 0.1) is 12.1 Å². The van der Waals surface area contributed by atoms with Crippen molar-refractivity contribution in [1.82, 2.24) is 10.6 Å². The van der Waals surface area contributed by atoms with E-state index < -0.39 is 59.0 Å². The van der Waals surface area contributed by atoms with Crippen LogP contribution in [0.2, 0.25) is 0 Å². The number of carbonyl (C=O) groups is 6. The first kappa shape index (κ1) is 41.6. The van der Waals surface area contributed by atoms with Gasteiger partial charge in [-0.2, -0.15) is 0 Å². The van der Waals surface area contributed by atoms with Gasteiger partial charge in [-0.05, 0) is 71.7 Å². The number of primary amides is 1. The van der Waals surface area contributed by atoms with E-state index >= 15 is 0 Å². The minimum atomic E-state index is -1.31. The average molecular weight is 768 g/mol. The highest BCUT2D eigenvalue weighted by Crippen LogP contribution is 2.22. The van der Waals surface area contributed by atoms with Gasteiger partial charge in [-0.25, -0.2) is 4.39 Å². The molecule has 0 heterocycles. The smallest absolute Gasteiger partial charge is 0.290 e. The number of nitrogens with one attached hydrogen (secondary N) is 2. The zero-order chi connectivity index (χ0) is 40.7. The second-order valence-corrected chi connectivity index (χ2v) is 14.3. The molecule has 292 valence electrons. The second kappa shape index (κ2) is 20.4. The summed E-state index contributed by atoms with van der Waals surface area (Å²) in [6.07, 6.45) is 0.00553. The summed E-state index contributed by atoms with van der Waals surface area (Å²) in [7, 11) is 0. The van der Waals surface area contributed by atoms with Crippen molar-refractivity contribution in [3.63, 3.8) is 0 Å². The Bertz CT molecular complexity index is 2140. The van der Waals surface area contributed by atoms with Crippen LogP contribution in [0.3, 0.4) is 0 Å². The summed E-state index contributed by atoms with van der Waals surface area (Å²) >= 11 is 0. The van der Waals surface area contributed by atoms with Crippen LogP contribution >= 0.6 is 0 Å². The lowest BCUT2D eigenvalue weighted by molar-refractivity contribution is -0.141. The maximum Gasteiger partial charge on any atom is 0.290 e. The lowest BCUT2D eigenvalue weighted by atomic mass is 9.89. The number of hydrogen-bond donors (Lipinski definition) is 3. The molecule has 5 rings (SSSR count). The highest BCUT2D eigenvalue weighted by molar-refractivity contribution is 6.38. The molecule has 57 heavy (non-hydrogen) atoms. The molecule has 0 aliphatic heterocycles.